The minimum absolute atomic E-state index is 0.175. The molecule has 0 radical (unpaired) electrons. The fraction of sp³-hybridized carbons (Fsp3) is 0.938. The van der Waals surface area contributed by atoms with Crippen LogP contribution in [-0.2, 0) is 4.79 Å². The Morgan fingerprint density at radius 1 is 1.15 bits per heavy atom. The van der Waals surface area contributed by atoms with Crippen molar-refractivity contribution in [3.63, 3.8) is 0 Å². The van der Waals surface area contributed by atoms with E-state index in [1.54, 1.807) is 0 Å². The molecular weight excluding hydrogens is 250 g/mol. The Labute approximate surface area is 124 Å². The molecule has 0 spiro atoms. The van der Waals surface area contributed by atoms with Gasteiger partial charge in [0.05, 0.1) is 6.54 Å². The molecule has 0 aromatic rings. The lowest BCUT2D eigenvalue weighted by Crippen LogP contribution is -2.50. The van der Waals surface area contributed by atoms with Gasteiger partial charge < -0.3 is 10.6 Å². The van der Waals surface area contributed by atoms with E-state index in [9.17, 15) is 4.79 Å². The maximum absolute atomic E-state index is 12.0. The van der Waals surface area contributed by atoms with Crippen molar-refractivity contribution in [3.8, 4) is 0 Å². The summed E-state index contributed by atoms with van der Waals surface area (Å²) in [5.41, 5.74) is 0. The standard InChI is InChI=1S/C16H33N3O/c1-13(2)9-17-11-15-7-5-6-8-19(15)12-16(20)18-10-14(3)4/h13-15,17H,5-12H2,1-4H3,(H,18,20). The first-order valence-electron chi connectivity index (χ1n) is 8.20. The highest BCUT2D eigenvalue weighted by molar-refractivity contribution is 5.78. The number of rotatable bonds is 8. The van der Waals surface area contributed by atoms with Crippen molar-refractivity contribution in [2.45, 2.75) is 53.0 Å². The van der Waals surface area contributed by atoms with Crippen LogP contribution >= 0.6 is 0 Å². The third-order valence-corrected chi connectivity index (χ3v) is 3.74. The van der Waals surface area contributed by atoms with Gasteiger partial charge >= 0.3 is 0 Å². The predicted octanol–water partition coefficient (Wildman–Crippen LogP) is 1.86. The lowest BCUT2D eigenvalue weighted by Gasteiger charge is -2.35. The van der Waals surface area contributed by atoms with E-state index in [1.165, 1.54) is 19.3 Å². The van der Waals surface area contributed by atoms with E-state index in [1.807, 2.05) is 0 Å². The Morgan fingerprint density at radius 3 is 2.50 bits per heavy atom. The molecule has 1 unspecified atom stereocenters. The average molecular weight is 283 g/mol. The topological polar surface area (TPSA) is 44.4 Å². The molecule has 118 valence electrons. The summed E-state index contributed by atoms with van der Waals surface area (Å²) in [5.74, 6) is 1.37. The quantitative estimate of drug-likeness (QED) is 0.714. The number of amides is 1. The molecule has 1 atom stereocenters. The van der Waals surface area contributed by atoms with E-state index >= 15 is 0 Å². The largest absolute Gasteiger partial charge is 0.355 e. The van der Waals surface area contributed by atoms with Crippen molar-refractivity contribution in [3.05, 3.63) is 0 Å². The molecule has 4 nitrogen and oxygen atoms in total. The number of piperidine rings is 1. The number of carbonyl (C=O) groups excluding carboxylic acids is 1. The Hall–Kier alpha value is -0.610. The van der Waals surface area contributed by atoms with E-state index in [2.05, 4.69) is 43.2 Å². The van der Waals surface area contributed by atoms with Crippen LogP contribution < -0.4 is 10.6 Å². The molecular formula is C16H33N3O. The van der Waals surface area contributed by atoms with Gasteiger partial charge in [-0.1, -0.05) is 34.1 Å². The van der Waals surface area contributed by atoms with Gasteiger partial charge in [0.15, 0.2) is 0 Å². The van der Waals surface area contributed by atoms with E-state index < -0.39 is 0 Å². The summed E-state index contributed by atoms with van der Waals surface area (Å²) in [6, 6.07) is 0.521. The molecule has 1 saturated heterocycles. The van der Waals surface area contributed by atoms with E-state index in [0.29, 0.717) is 24.4 Å². The first-order chi connectivity index (χ1) is 9.49. The van der Waals surface area contributed by atoms with Gasteiger partial charge in [-0.25, -0.2) is 0 Å². The van der Waals surface area contributed by atoms with Gasteiger partial charge in [0, 0.05) is 19.1 Å². The van der Waals surface area contributed by atoms with Crippen molar-refractivity contribution in [1.82, 2.24) is 15.5 Å². The summed E-state index contributed by atoms with van der Waals surface area (Å²) >= 11 is 0. The fourth-order valence-electron chi connectivity index (χ4n) is 2.60. The van der Waals surface area contributed by atoms with Crippen LogP contribution in [0.1, 0.15) is 47.0 Å². The van der Waals surface area contributed by atoms with Crippen LogP contribution in [0.4, 0.5) is 0 Å². The van der Waals surface area contributed by atoms with Crippen LogP contribution in [0.2, 0.25) is 0 Å². The summed E-state index contributed by atoms with van der Waals surface area (Å²) in [6.07, 6.45) is 3.72. The number of hydrogen-bond donors (Lipinski definition) is 2. The zero-order valence-corrected chi connectivity index (χ0v) is 13.7. The van der Waals surface area contributed by atoms with E-state index in [0.717, 1.165) is 26.2 Å². The molecule has 0 aromatic heterocycles. The van der Waals surface area contributed by atoms with Crippen LogP contribution in [0.15, 0.2) is 0 Å². The van der Waals surface area contributed by atoms with Crippen molar-refractivity contribution < 1.29 is 4.79 Å². The van der Waals surface area contributed by atoms with Gasteiger partial charge in [-0.3, -0.25) is 9.69 Å². The molecule has 1 fully saturated rings. The van der Waals surface area contributed by atoms with Crippen LogP contribution in [0.25, 0.3) is 0 Å². The Morgan fingerprint density at radius 2 is 1.85 bits per heavy atom. The van der Waals surface area contributed by atoms with Gasteiger partial charge in [0.1, 0.15) is 0 Å². The highest BCUT2D eigenvalue weighted by Crippen LogP contribution is 2.16. The lowest BCUT2D eigenvalue weighted by atomic mass is 10.0. The molecule has 2 N–H and O–H groups in total. The van der Waals surface area contributed by atoms with Crippen molar-refractivity contribution in [1.29, 1.82) is 0 Å². The summed E-state index contributed by atoms with van der Waals surface area (Å²) in [5, 5.41) is 6.56. The number of nitrogens with one attached hydrogen (secondary N) is 2. The van der Waals surface area contributed by atoms with Gasteiger partial charge in [-0.2, -0.15) is 0 Å². The second kappa shape index (κ2) is 9.35. The molecule has 0 aromatic carbocycles. The van der Waals surface area contributed by atoms with Gasteiger partial charge in [-0.05, 0) is 37.8 Å². The highest BCUT2D eigenvalue weighted by atomic mass is 16.2. The summed E-state index contributed by atoms with van der Waals surface area (Å²) in [4.78, 5) is 14.3. The number of nitrogens with zero attached hydrogens (tertiary/aromatic N) is 1. The van der Waals surface area contributed by atoms with E-state index in [-0.39, 0.29) is 5.91 Å². The van der Waals surface area contributed by atoms with E-state index in [4.69, 9.17) is 0 Å². The normalized spacial score (nSPS) is 20.6. The zero-order chi connectivity index (χ0) is 15.0. The Bertz CT molecular complexity index is 279. The monoisotopic (exact) mass is 283 g/mol. The SMILES string of the molecule is CC(C)CNCC1CCCCN1CC(=O)NCC(C)C. The number of hydrogen-bond acceptors (Lipinski definition) is 3. The second-order valence-corrected chi connectivity index (χ2v) is 6.87. The molecule has 1 aliphatic heterocycles. The van der Waals surface area contributed by atoms with Crippen LogP contribution in [0.3, 0.4) is 0 Å². The Kier molecular flexibility index (Phi) is 8.15. The smallest absolute Gasteiger partial charge is 0.234 e. The molecule has 4 heteroatoms. The third-order valence-electron chi connectivity index (χ3n) is 3.74. The zero-order valence-electron chi connectivity index (χ0n) is 13.7. The van der Waals surface area contributed by atoms with Crippen LogP contribution in [0.5, 0.6) is 0 Å². The van der Waals surface area contributed by atoms with Gasteiger partial charge in [0.2, 0.25) is 5.91 Å². The van der Waals surface area contributed by atoms with Crippen molar-refractivity contribution in [2.75, 3.05) is 32.7 Å². The number of likely N-dealkylation sites (tertiary alicyclic amines) is 1. The molecule has 1 amide bonds. The third kappa shape index (κ3) is 7.25. The average Bonchev–Trinajstić information content (AvgIpc) is 2.38. The first-order valence-corrected chi connectivity index (χ1v) is 8.20. The van der Waals surface area contributed by atoms with Crippen molar-refractivity contribution in [2.24, 2.45) is 11.8 Å². The minimum Gasteiger partial charge on any atom is -0.355 e. The highest BCUT2D eigenvalue weighted by Gasteiger charge is 2.23. The first kappa shape index (κ1) is 17.4. The second-order valence-electron chi connectivity index (χ2n) is 6.87. The predicted molar refractivity (Wildman–Crippen MR) is 84.8 cm³/mol. The molecule has 1 aliphatic rings. The lowest BCUT2D eigenvalue weighted by molar-refractivity contribution is -0.123. The summed E-state index contributed by atoms with van der Waals surface area (Å²) < 4.78 is 0. The maximum Gasteiger partial charge on any atom is 0.234 e. The molecule has 0 aliphatic carbocycles. The number of carbonyl (C=O) groups is 1. The molecule has 1 rings (SSSR count). The Balaban J connectivity index is 2.33. The fourth-order valence-corrected chi connectivity index (χ4v) is 2.60. The van der Waals surface area contributed by atoms with Crippen molar-refractivity contribution >= 4 is 5.91 Å². The van der Waals surface area contributed by atoms with Gasteiger partial charge in [-0.15, -0.1) is 0 Å². The van der Waals surface area contributed by atoms with Crippen LogP contribution in [0, 0.1) is 11.8 Å². The summed E-state index contributed by atoms with van der Waals surface area (Å²) in [7, 11) is 0. The molecule has 1 heterocycles. The maximum atomic E-state index is 12.0. The van der Waals surface area contributed by atoms with Gasteiger partial charge in [0.25, 0.3) is 0 Å². The molecule has 20 heavy (non-hydrogen) atoms. The molecule has 0 saturated carbocycles. The molecule has 0 bridgehead atoms. The summed E-state index contributed by atoms with van der Waals surface area (Å²) in [6.45, 7) is 13.2. The van der Waals surface area contributed by atoms with Crippen LogP contribution in [-0.4, -0.2) is 49.6 Å². The minimum atomic E-state index is 0.175.